The van der Waals surface area contributed by atoms with Crippen molar-refractivity contribution in [3.63, 3.8) is 0 Å². The van der Waals surface area contributed by atoms with Crippen LogP contribution in [0.25, 0.3) is 0 Å². The van der Waals surface area contributed by atoms with Crippen LogP contribution in [0.4, 0.5) is 5.69 Å². The van der Waals surface area contributed by atoms with Crippen molar-refractivity contribution in [1.82, 2.24) is 9.97 Å². The summed E-state index contributed by atoms with van der Waals surface area (Å²) >= 11 is 0. The number of hydrogen-bond acceptors (Lipinski definition) is 7. The van der Waals surface area contributed by atoms with E-state index >= 15 is 0 Å². The van der Waals surface area contributed by atoms with Gasteiger partial charge in [-0.2, -0.15) is 0 Å². The van der Waals surface area contributed by atoms with E-state index in [1.807, 2.05) is 0 Å². The first-order valence-corrected chi connectivity index (χ1v) is 6.27. The highest BCUT2D eigenvalue weighted by Gasteiger charge is 2.21. The first kappa shape index (κ1) is 13.2. The average Bonchev–Trinajstić information content (AvgIpc) is 2.99. The molecule has 0 saturated heterocycles. The van der Waals surface area contributed by atoms with Crippen molar-refractivity contribution in [3.8, 4) is 11.5 Å². The van der Waals surface area contributed by atoms with E-state index < -0.39 is 5.97 Å². The number of carbonyl (C=O) groups excluding carboxylic acids is 1. The SMILES string of the molecule is COC(=O)c1cc2c(cc1NCc1cncnc1)OCO2. The lowest BCUT2D eigenvalue weighted by molar-refractivity contribution is 0.0601. The highest BCUT2D eigenvalue weighted by atomic mass is 16.7. The van der Waals surface area contributed by atoms with Crippen LogP contribution in [-0.4, -0.2) is 29.8 Å². The molecular formula is C14H13N3O4. The topological polar surface area (TPSA) is 82.6 Å². The third-order valence-corrected chi connectivity index (χ3v) is 3.02. The van der Waals surface area contributed by atoms with Crippen molar-refractivity contribution in [2.24, 2.45) is 0 Å². The first-order valence-electron chi connectivity index (χ1n) is 6.27. The summed E-state index contributed by atoms with van der Waals surface area (Å²) in [6.07, 6.45) is 4.86. The Morgan fingerprint density at radius 2 is 2.00 bits per heavy atom. The molecule has 1 aliphatic rings. The third-order valence-electron chi connectivity index (χ3n) is 3.02. The number of methoxy groups -OCH3 is 1. The van der Waals surface area contributed by atoms with Crippen molar-refractivity contribution in [1.29, 1.82) is 0 Å². The zero-order valence-electron chi connectivity index (χ0n) is 11.3. The van der Waals surface area contributed by atoms with Crippen LogP contribution in [-0.2, 0) is 11.3 Å². The molecule has 7 nitrogen and oxygen atoms in total. The molecule has 0 bridgehead atoms. The lowest BCUT2D eigenvalue weighted by Gasteiger charge is -2.11. The quantitative estimate of drug-likeness (QED) is 0.855. The maximum Gasteiger partial charge on any atom is 0.340 e. The molecule has 0 amide bonds. The minimum atomic E-state index is -0.444. The zero-order chi connectivity index (χ0) is 14.7. The Hall–Kier alpha value is -2.83. The monoisotopic (exact) mass is 287 g/mol. The summed E-state index contributed by atoms with van der Waals surface area (Å²) in [5.74, 6) is 0.679. The predicted molar refractivity (Wildman–Crippen MR) is 73.3 cm³/mol. The van der Waals surface area contributed by atoms with Crippen LogP contribution < -0.4 is 14.8 Å². The summed E-state index contributed by atoms with van der Waals surface area (Å²) in [5.41, 5.74) is 1.89. The average molecular weight is 287 g/mol. The van der Waals surface area contributed by atoms with Gasteiger partial charge in [-0.15, -0.1) is 0 Å². The molecule has 0 radical (unpaired) electrons. The highest BCUT2D eigenvalue weighted by Crippen LogP contribution is 2.37. The summed E-state index contributed by atoms with van der Waals surface area (Å²) in [6.45, 7) is 0.621. The molecule has 2 aromatic rings. The van der Waals surface area contributed by atoms with Gasteiger partial charge < -0.3 is 19.5 Å². The number of fused-ring (bicyclic) bond motifs is 1. The first-order chi connectivity index (χ1) is 10.3. The Balaban J connectivity index is 1.87. The molecule has 108 valence electrons. The van der Waals surface area contributed by atoms with Gasteiger partial charge >= 0.3 is 5.97 Å². The number of hydrogen-bond donors (Lipinski definition) is 1. The molecule has 0 spiro atoms. The fourth-order valence-corrected chi connectivity index (χ4v) is 1.99. The maximum atomic E-state index is 11.9. The van der Waals surface area contributed by atoms with Crippen LogP contribution in [0.3, 0.4) is 0 Å². The standard InChI is InChI=1S/C14H13N3O4/c1-19-14(18)10-2-12-13(21-8-20-12)3-11(10)17-6-9-4-15-7-16-5-9/h2-5,7,17H,6,8H2,1H3. The fourth-order valence-electron chi connectivity index (χ4n) is 1.99. The van der Waals surface area contributed by atoms with Crippen molar-refractivity contribution in [2.75, 3.05) is 19.2 Å². The Labute approximate surface area is 120 Å². The predicted octanol–water partition coefficient (Wildman–Crippen LogP) is 1.60. The molecule has 1 aromatic heterocycles. The summed E-state index contributed by atoms with van der Waals surface area (Å²) in [7, 11) is 1.34. The van der Waals surface area contributed by atoms with Crippen LogP contribution in [0.1, 0.15) is 15.9 Å². The second-order valence-electron chi connectivity index (χ2n) is 4.34. The number of anilines is 1. The lowest BCUT2D eigenvalue weighted by Crippen LogP contribution is -2.08. The Bertz CT molecular complexity index is 661. The molecule has 0 aliphatic carbocycles. The minimum Gasteiger partial charge on any atom is -0.465 e. The van der Waals surface area contributed by atoms with Crippen LogP contribution in [0, 0.1) is 0 Å². The van der Waals surface area contributed by atoms with Gasteiger partial charge in [-0.25, -0.2) is 14.8 Å². The zero-order valence-corrected chi connectivity index (χ0v) is 11.3. The smallest absolute Gasteiger partial charge is 0.340 e. The van der Waals surface area contributed by atoms with Crippen LogP contribution in [0.2, 0.25) is 0 Å². The van der Waals surface area contributed by atoms with Gasteiger partial charge in [0.05, 0.1) is 18.4 Å². The van der Waals surface area contributed by atoms with E-state index in [1.165, 1.54) is 13.4 Å². The van der Waals surface area contributed by atoms with Crippen LogP contribution >= 0.6 is 0 Å². The molecule has 0 unspecified atom stereocenters. The molecule has 0 atom stereocenters. The number of rotatable bonds is 4. The van der Waals surface area contributed by atoms with Gasteiger partial charge in [0.15, 0.2) is 11.5 Å². The Morgan fingerprint density at radius 1 is 1.29 bits per heavy atom. The lowest BCUT2D eigenvalue weighted by atomic mass is 10.1. The van der Waals surface area contributed by atoms with Gasteiger partial charge in [0.2, 0.25) is 6.79 Å². The van der Waals surface area contributed by atoms with E-state index in [0.29, 0.717) is 29.3 Å². The molecule has 3 rings (SSSR count). The molecule has 0 saturated carbocycles. The van der Waals surface area contributed by atoms with Gasteiger partial charge in [0, 0.05) is 36.6 Å². The number of nitrogens with zero attached hydrogens (tertiary/aromatic N) is 2. The second-order valence-corrected chi connectivity index (χ2v) is 4.34. The van der Waals surface area contributed by atoms with E-state index in [4.69, 9.17) is 14.2 Å². The number of nitrogens with one attached hydrogen (secondary N) is 1. The van der Waals surface area contributed by atoms with E-state index in [0.717, 1.165) is 5.56 Å². The van der Waals surface area contributed by atoms with Gasteiger partial charge in [-0.3, -0.25) is 0 Å². The summed E-state index contributed by atoms with van der Waals surface area (Å²) in [4.78, 5) is 19.7. The summed E-state index contributed by atoms with van der Waals surface area (Å²) in [6, 6.07) is 3.33. The van der Waals surface area contributed by atoms with Crippen LogP contribution in [0.5, 0.6) is 11.5 Å². The van der Waals surface area contributed by atoms with E-state index in [2.05, 4.69) is 15.3 Å². The maximum absolute atomic E-state index is 11.9. The molecule has 2 heterocycles. The van der Waals surface area contributed by atoms with Gasteiger partial charge in [0.1, 0.15) is 6.33 Å². The number of benzene rings is 1. The van der Waals surface area contributed by atoms with Gasteiger partial charge in [-0.05, 0) is 0 Å². The number of esters is 1. The van der Waals surface area contributed by atoms with Crippen molar-refractivity contribution >= 4 is 11.7 Å². The molecular weight excluding hydrogens is 274 g/mol. The van der Waals surface area contributed by atoms with Gasteiger partial charge in [-0.1, -0.05) is 0 Å². The molecule has 1 aliphatic heterocycles. The third kappa shape index (κ3) is 2.71. The molecule has 21 heavy (non-hydrogen) atoms. The number of aromatic nitrogens is 2. The molecule has 1 aromatic carbocycles. The normalized spacial score (nSPS) is 12.0. The highest BCUT2D eigenvalue weighted by molar-refractivity contribution is 5.96. The largest absolute Gasteiger partial charge is 0.465 e. The summed E-state index contributed by atoms with van der Waals surface area (Å²) in [5, 5.41) is 3.16. The van der Waals surface area contributed by atoms with Crippen LogP contribution in [0.15, 0.2) is 30.9 Å². The van der Waals surface area contributed by atoms with E-state index in [-0.39, 0.29) is 6.79 Å². The van der Waals surface area contributed by atoms with Gasteiger partial charge in [0.25, 0.3) is 0 Å². The van der Waals surface area contributed by atoms with Crippen molar-refractivity contribution in [2.45, 2.75) is 6.54 Å². The van der Waals surface area contributed by atoms with Crippen molar-refractivity contribution in [3.05, 3.63) is 42.0 Å². The van der Waals surface area contributed by atoms with E-state index in [1.54, 1.807) is 24.5 Å². The van der Waals surface area contributed by atoms with E-state index in [9.17, 15) is 4.79 Å². The Morgan fingerprint density at radius 3 is 2.71 bits per heavy atom. The number of ether oxygens (including phenoxy) is 3. The molecule has 7 heteroatoms. The molecule has 1 N–H and O–H groups in total. The summed E-state index contributed by atoms with van der Waals surface area (Å²) < 4.78 is 15.4. The second kappa shape index (κ2) is 5.66. The van der Waals surface area contributed by atoms with Crippen molar-refractivity contribution < 1.29 is 19.0 Å². The molecule has 0 fully saturated rings. The number of carbonyl (C=O) groups is 1. The minimum absolute atomic E-state index is 0.145. The Kier molecular flexibility index (Phi) is 3.55. The fraction of sp³-hybridized carbons (Fsp3) is 0.214.